The Labute approximate surface area is 152 Å². The third-order valence-electron chi connectivity index (χ3n) is 4.34. The molecule has 0 saturated carbocycles. The van der Waals surface area contributed by atoms with Gasteiger partial charge in [0, 0.05) is 17.3 Å². The first kappa shape index (κ1) is 16.0. The van der Waals surface area contributed by atoms with E-state index in [1.54, 1.807) is 4.68 Å². The van der Waals surface area contributed by atoms with Crippen LogP contribution in [0.2, 0.25) is 0 Å². The van der Waals surface area contributed by atoms with Gasteiger partial charge in [-0.15, -0.1) is 0 Å². The molecule has 4 rings (SSSR count). The van der Waals surface area contributed by atoms with Gasteiger partial charge in [0.15, 0.2) is 5.78 Å². The Kier molecular flexibility index (Phi) is 4.20. The van der Waals surface area contributed by atoms with Crippen LogP contribution in [0.25, 0.3) is 16.9 Å². The molecule has 0 amide bonds. The minimum absolute atomic E-state index is 0.0222. The van der Waals surface area contributed by atoms with Gasteiger partial charge in [0.25, 0.3) is 0 Å². The number of aromatic nitrogens is 2. The van der Waals surface area contributed by atoms with Crippen LogP contribution >= 0.6 is 0 Å². The zero-order valence-corrected chi connectivity index (χ0v) is 14.5. The van der Waals surface area contributed by atoms with E-state index in [2.05, 4.69) is 0 Å². The molecule has 0 unspecified atom stereocenters. The number of para-hydroxylation sites is 1. The van der Waals surface area contributed by atoms with Gasteiger partial charge in [-0.2, -0.15) is 5.10 Å². The molecule has 0 N–H and O–H groups in total. The number of benzene rings is 3. The minimum Gasteiger partial charge on any atom is -0.288 e. The Hall–Kier alpha value is -3.46. The monoisotopic (exact) mass is 338 g/mol. The molecule has 4 aromatic rings. The fraction of sp³-hybridized carbons (Fsp3) is 0.0435. The number of nitrogens with zero attached hydrogens (tertiary/aromatic N) is 2. The summed E-state index contributed by atoms with van der Waals surface area (Å²) in [4.78, 5) is 13.1. The molecule has 1 heterocycles. The van der Waals surface area contributed by atoms with Crippen molar-refractivity contribution in [2.75, 3.05) is 0 Å². The molecule has 126 valence electrons. The molecule has 0 aliphatic rings. The molecule has 0 aliphatic carbocycles. The lowest BCUT2D eigenvalue weighted by Crippen LogP contribution is -2.02. The predicted octanol–water partition coefficient (Wildman–Crippen LogP) is 5.08. The van der Waals surface area contributed by atoms with Crippen molar-refractivity contribution in [1.82, 2.24) is 9.78 Å². The van der Waals surface area contributed by atoms with Crippen molar-refractivity contribution in [2.45, 2.75) is 6.92 Å². The Bertz CT molecular complexity index is 1030. The predicted molar refractivity (Wildman–Crippen MR) is 104 cm³/mol. The smallest absolute Gasteiger partial charge is 0.196 e. The van der Waals surface area contributed by atoms with Crippen LogP contribution in [0.4, 0.5) is 0 Å². The van der Waals surface area contributed by atoms with Crippen LogP contribution in [0.3, 0.4) is 0 Å². The van der Waals surface area contributed by atoms with E-state index in [9.17, 15) is 4.79 Å². The van der Waals surface area contributed by atoms with Crippen LogP contribution in [0, 0.1) is 6.92 Å². The first-order valence-electron chi connectivity index (χ1n) is 8.54. The third-order valence-corrected chi connectivity index (χ3v) is 4.34. The van der Waals surface area contributed by atoms with Crippen LogP contribution in [0.5, 0.6) is 0 Å². The van der Waals surface area contributed by atoms with E-state index in [-0.39, 0.29) is 5.78 Å². The molecule has 0 atom stereocenters. The third kappa shape index (κ3) is 3.07. The second kappa shape index (κ2) is 6.81. The molecular weight excluding hydrogens is 320 g/mol. The lowest BCUT2D eigenvalue weighted by atomic mass is 10.00. The zero-order chi connectivity index (χ0) is 17.9. The quantitative estimate of drug-likeness (QED) is 0.486. The number of carbonyl (C=O) groups is 1. The second-order valence-corrected chi connectivity index (χ2v) is 6.23. The highest BCUT2D eigenvalue weighted by Gasteiger charge is 2.19. The van der Waals surface area contributed by atoms with Crippen molar-refractivity contribution in [3.8, 4) is 16.9 Å². The minimum atomic E-state index is -0.0222. The molecular formula is C23H18N2O. The molecule has 1 aromatic heterocycles. The number of hydrogen-bond donors (Lipinski definition) is 0. The highest BCUT2D eigenvalue weighted by molar-refractivity contribution is 6.12. The molecule has 0 spiro atoms. The first-order chi connectivity index (χ1) is 12.7. The van der Waals surface area contributed by atoms with Gasteiger partial charge in [0.1, 0.15) is 5.69 Å². The summed E-state index contributed by atoms with van der Waals surface area (Å²) in [5.41, 5.74) is 4.94. The maximum Gasteiger partial charge on any atom is 0.196 e. The fourth-order valence-corrected chi connectivity index (χ4v) is 2.92. The summed E-state index contributed by atoms with van der Waals surface area (Å²) in [7, 11) is 0. The second-order valence-electron chi connectivity index (χ2n) is 6.23. The average Bonchev–Trinajstić information content (AvgIpc) is 3.15. The zero-order valence-electron chi connectivity index (χ0n) is 14.5. The molecule has 3 nitrogen and oxygen atoms in total. The number of carbonyl (C=O) groups excluding carboxylic acids is 1. The van der Waals surface area contributed by atoms with Gasteiger partial charge in [0.2, 0.25) is 0 Å². The summed E-state index contributed by atoms with van der Waals surface area (Å²) in [5, 5.41) is 4.71. The number of aryl methyl sites for hydroxylation is 1. The van der Waals surface area contributed by atoms with Crippen LogP contribution < -0.4 is 0 Å². The SMILES string of the molecule is Cc1ccc(C(=O)c2cn(-c3ccccc3)nc2-c2ccccc2)cc1. The van der Waals surface area contributed by atoms with Crippen LogP contribution in [0.15, 0.2) is 91.1 Å². The molecule has 0 aliphatic heterocycles. The highest BCUT2D eigenvalue weighted by atomic mass is 16.1. The van der Waals surface area contributed by atoms with E-state index < -0.39 is 0 Å². The van der Waals surface area contributed by atoms with Crippen LogP contribution in [-0.2, 0) is 0 Å². The summed E-state index contributed by atoms with van der Waals surface area (Å²) >= 11 is 0. The average molecular weight is 338 g/mol. The van der Waals surface area contributed by atoms with E-state index in [1.807, 2.05) is 98.0 Å². The van der Waals surface area contributed by atoms with Crippen molar-refractivity contribution >= 4 is 5.78 Å². The summed E-state index contributed by atoms with van der Waals surface area (Å²) in [5.74, 6) is -0.0222. The number of rotatable bonds is 4. The van der Waals surface area contributed by atoms with E-state index >= 15 is 0 Å². The van der Waals surface area contributed by atoms with E-state index in [0.29, 0.717) is 16.8 Å². The van der Waals surface area contributed by atoms with Gasteiger partial charge in [-0.1, -0.05) is 78.4 Å². The molecule has 3 aromatic carbocycles. The Morgan fingerprint density at radius 1 is 0.808 bits per heavy atom. The molecule has 0 saturated heterocycles. The molecule has 26 heavy (non-hydrogen) atoms. The van der Waals surface area contributed by atoms with Crippen molar-refractivity contribution in [2.24, 2.45) is 0 Å². The van der Waals surface area contributed by atoms with Gasteiger partial charge < -0.3 is 0 Å². The van der Waals surface area contributed by atoms with Crippen molar-refractivity contribution in [3.05, 3.63) is 108 Å². The largest absolute Gasteiger partial charge is 0.288 e. The summed E-state index contributed by atoms with van der Waals surface area (Å²) in [6.07, 6.45) is 1.82. The van der Waals surface area contributed by atoms with E-state index in [1.165, 1.54) is 0 Å². The van der Waals surface area contributed by atoms with Crippen molar-refractivity contribution < 1.29 is 4.79 Å². The lowest BCUT2D eigenvalue weighted by molar-refractivity contribution is 0.103. The summed E-state index contributed by atoms with van der Waals surface area (Å²) < 4.78 is 1.77. The number of ketones is 1. The number of hydrogen-bond acceptors (Lipinski definition) is 2. The van der Waals surface area contributed by atoms with Gasteiger partial charge >= 0.3 is 0 Å². The van der Waals surface area contributed by atoms with Gasteiger partial charge in [-0.25, -0.2) is 4.68 Å². The van der Waals surface area contributed by atoms with E-state index in [4.69, 9.17) is 5.10 Å². The van der Waals surface area contributed by atoms with Crippen LogP contribution in [0.1, 0.15) is 21.5 Å². The van der Waals surface area contributed by atoms with Crippen LogP contribution in [-0.4, -0.2) is 15.6 Å². The Balaban J connectivity index is 1.85. The van der Waals surface area contributed by atoms with Crippen molar-refractivity contribution in [1.29, 1.82) is 0 Å². The van der Waals surface area contributed by atoms with Gasteiger partial charge in [-0.3, -0.25) is 4.79 Å². The molecule has 3 heteroatoms. The molecule has 0 radical (unpaired) electrons. The van der Waals surface area contributed by atoms with Gasteiger partial charge in [0.05, 0.1) is 11.3 Å². The van der Waals surface area contributed by atoms with Gasteiger partial charge in [-0.05, 0) is 19.1 Å². The highest BCUT2D eigenvalue weighted by Crippen LogP contribution is 2.26. The maximum absolute atomic E-state index is 13.1. The summed E-state index contributed by atoms with van der Waals surface area (Å²) in [6.45, 7) is 2.01. The Morgan fingerprint density at radius 2 is 1.42 bits per heavy atom. The first-order valence-corrected chi connectivity index (χ1v) is 8.54. The maximum atomic E-state index is 13.1. The molecule has 0 fully saturated rings. The standard InChI is InChI=1S/C23H18N2O/c1-17-12-14-19(15-13-17)23(26)21-16-25(20-10-6-3-7-11-20)24-22(21)18-8-4-2-5-9-18/h2-16H,1H3. The Morgan fingerprint density at radius 3 is 2.08 bits per heavy atom. The van der Waals surface area contributed by atoms with Crippen molar-refractivity contribution in [3.63, 3.8) is 0 Å². The topological polar surface area (TPSA) is 34.9 Å². The lowest BCUT2D eigenvalue weighted by Gasteiger charge is -2.03. The van der Waals surface area contributed by atoms with E-state index in [0.717, 1.165) is 16.8 Å². The fourth-order valence-electron chi connectivity index (χ4n) is 2.92. The normalized spacial score (nSPS) is 10.7. The molecule has 0 bridgehead atoms. The summed E-state index contributed by atoms with van der Waals surface area (Å²) in [6, 6.07) is 27.3.